The van der Waals surface area contributed by atoms with Crippen LogP contribution in [0.15, 0.2) is 54.7 Å². The average Bonchev–Trinajstić information content (AvgIpc) is 3.45. The van der Waals surface area contributed by atoms with Crippen LogP contribution in [-0.2, 0) is 16.1 Å². The van der Waals surface area contributed by atoms with Crippen molar-refractivity contribution in [3.8, 4) is 11.1 Å². The number of hydrogen-bond acceptors (Lipinski definition) is 6. The third-order valence-corrected chi connectivity index (χ3v) is 6.94. The smallest absolute Gasteiger partial charge is 0.407 e. The molecule has 0 bridgehead atoms. The van der Waals surface area contributed by atoms with Gasteiger partial charge in [-0.2, -0.15) is 0 Å². The molecular formula is C26H27N3O5S. The summed E-state index contributed by atoms with van der Waals surface area (Å²) in [5.74, 6) is -1.17. The molecule has 3 N–H and O–H groups in total. The first-order valence-electron chi connectivity index (χ1n) is 11.5. The van der Waals surface area contributed by atoms with Gasteiger partial charge in [0.2, 0.25) is 5.91 Å². The van der Waals surface area contributed by atoms with Crippen LogP contribution in [0.25, 0.3) is 11.1 Å². The van der Waals surface area contributed by atoms with Crippen molar-refractivity contribution in [3.05, 3.63) is 75.7 Å². The minimum atomic E-state index is -1.03. The van der Waals surface area contributed by atoms with E-state index in [4.69, 9.17) is 9.84 Å². The van der Waals surface area contributed by atoms with Crippen LogP contribution in [0.5, 0.6) is 0 Å². The van der Waals surface area contributed by atoms with Gasteiger partial charge in [0.15, 0.2) is 0 Å². The van der Waals surface area contributed by atoms with Crippen molar-refractivity contribution in [2.24, 2.45) is 0 Å². The van der Waals surface area contributed by atoms with Gasteiger partial charge < -0.3 is 20.5 Å². The number of carboxylic acids is 1. The van der Waals surface area contributed by atoms with Gasteiger partial charge in [-0.1, -0.05) is 48.5 Å². The number of carbonyl (C=O) groups excluding carboxylic acids is 2. The molecule has 2 amide bonds. The zero-order valence-corrected chi connectivity index (χ0v) is 20.1. The molecule has 8 nitrogen and oxygen atoms in total. The van der Waals surface area contributed by atoms with E-state index in [1.165, 1.54) is 17.3 Å². The molecule has 9 heteroatoms. The average molecular weight is 494 g/mol. The van der Waals surface area contributed by atoms with Crippen LogP contribution >= 0.6 is 11.3 Å². The molecule has 0 radical (unpaired) electrons. The fraction of sp³-hybridized carbons (Fsp3) is 0.308. The van der Waals surface area contributed by atoms with Crippen LogP contribution in [0.1, 0.15) is 57.9 Å². The fourth-order valence-electron chi connectivity index (χ4n) is 4.24. The standard InChI is InChI=1S/C26H27N3O5S/c1-16(7-6-12-23(30)27-14-24-28-13-22(35-24)25(31)32)29-26(33)34-15-21-19-10-4-2-8-17(19)18-9-3-5-11-20(18)21/h2-5,8-11,13,16,21H,6-7,12,14-15H2,1H3,(H,27,30)(H,29,33)(H,31,32). The molecular weight excluding hydrogens is 466 g/mol. The van der Waals surface area contributed by atoms with Gasteiger partial charge in [0, 0.05) is 18.4 Å². The number of aromatic nitrogens is 1. The van der Waals surface area contributed by atoms with Gasteiger partial charge in [0.05, 0.1) is 12.7 Å². The highest BCUT2D eigenvalue weighted by atomic mass is 32.1. The summed E-state index contributed by atoms with van der Waals surface area (Å²) in [6.07, 6.45) is 2.33. The zero-order chi connectivity index (χ0) is 24.8. The van der Waals surface area contributed by atoms with E-state index in [9.17, 15) is 14.4 Å². The number of nitrogens with one attached hydrogen (secondary N) is 2. The second-order valence-corrected chi connectivity index (χ2v) is 9.58. The highest BCUT2D eigenvalue weighted by molar-refractivity contribution is 7.13. The summed E-state index contributed by atoms with van der Waals surface area (Å²) < 4.78 is 5.57. The number of ether oxygens (including phenoxy) is 1. The molecule has 4 rings (SSSR count). The van der Waals surface area contributed by atoms with Crippen LogP contribution in [0.4, 0.5) is 4.79 Å². The van der Waals surface area contributed by atoms with Crippen molar-refractivity contribution >= 4 is 29.3 Å². The van der Waals surface area contributed by atoms with Crippen LogP contribution in [0, 0.1) is 0 Å². The molecule has 0 spiro atoms. The van der Waals surface area contributed by atoms with Gasteiger partial charge in [-0.05, 0) is 42.0 Å². The SMILES string of the molecule is CC(CCCC(=O)NCc1ncc(C(=O)O)s1)NC(=O)OCC1c2ccccc2-c2ccccc21. The first kappa shape index (κ1) is 24.4. The lowest BCUT2D eigenvalue weighted by atomic mass is 9.98. The topological polar surface area (TPSA) is 118 Å². The van der Waals surface area contributed by atoms with Gasteiger partial charge >= 0.3 is 12.1 Å². The van der Waals surface area contributed by atoms with Crippen LogP contribution in [0.2, 0.25) is 0 Å². The summed E-state index contributed by atoms with van der Waals surface area (Å²) in [5, 5.41) is 15.0. The lowest BCUT2D eigenvalue weighted by molar-refractivity contribution is -0.121. The van der Waals surface area contributed by atoms with Gasteiger partial charge in [-0.3, -0.25) is 4.79 Å². The van der Waals surface area contributed by atoms with Crippen LogP contribution < -0.4 is 10.6 Å². The number of fused-ring (bicyclic) bond motifs is 3. The van der Waals surface area contributed by atoms with Gasteiger partial charge in [0.25, 0.3) is 0 Å². The Kier molecular flexibility index (Phi) is 7.77. The highest BCUT2D eigenvalue weighted by Gasteiger charge is 2.29. The first-order valence-corrected chi connectivity index (χ1v) is 12.3. The number of thiazole rings is 1. The van der Waals surface area contributed by atoms with Gasteiger partial charge in [-0.25, -0.2) is 14.6 Å². The summed E-state index contributed by atoms with van der Waals surface area (Å²) >= 11 is 1.04. The molecule has 0 saturated carbocycles. The Hall–Kier alpha value is -3.72. The lowest BCUT2D eigenvalue weighted by Gasteiger charge is -2.17. The van der Waals surface area contributed by atoms with E-state index in [-0.39, 0.29) is 35.9 Å². The predicted molar refractivity (Wildman–Crippen MR) is 132 cm³/mol. The second kappa shape index (κ2) is 11.1. The number of nitrogens with zero attached hydrogens (tertiary/aromatic N) is 1. The highest BCUT2D eigenvalue weighted by Crippen LogP contribution is 2.44. The Morgan fingerprint density at radius 3 is 2.37 bits per heavy atom. The number of amides is 2. The summed E-state index contributed by atoms with van der Waals surface area (Å²) in [7, 11) is 0. The molecule has 1 heterocycles. The molecule has 0 aliphatic heterocycles. The monoisotopic (exact) mass is 493 g/mol. The van der Waals surface area contributed by atoms with Crippen molar-refractivity contribution in [2.75, 3.05) is 6.61 Å². The molecule has 3 aromatic rings. The number of alkyl carbamates (subject to hydrolysis) is 1. The summed E-state index contributed by atoms with van der Waals surface area (Å²) in [4.78, 5) is 39.4. The minimum absolute atomic E-state index is 0.0107. The van der Waals surface area contributed by atoms with Crippen molar-refractivity contribution in [1.29, 1.82) is 0 Å². The van der Waals surface area contributed by atoms with Crippen LogP contribution in [0.3, 0.4) is 0 Å². The maximum Gasteiger partial charge on any atom is 0.407 e. The van der Waals surface area contributed by atoms with E-state index < -0.39 is 12.1 Å². The van der Waals surface area contributed by atoms with Crippen molar-refractivity contribution in [3.63, 3.8) is 0 Å². The second-order valence-electron chi connectivity index (χ2n) is 8.46. The third-order valence-electron chi connectivity index (χ3n) is 5.95. The molecule has 1 unspecified atom stereocenters. The maximum absolute atomic E-state index is 12.4. The Morgan fingerprint density at radius 1 is 1.09 bits per heavy atom. The molecule has 182 valence electrons. The van der Waals surface area contributed by atoms with E-state index in [0.29, 0.717) is 24.3 Å². The van der Waals surface area contributed by atoms with Crippen molar-refractivity contribution < 1.29 is 24.2 Å². The quantitative estimate of drug-likeness (QED) is 0.381. The molecule has 0 saturated heterocycles. The fourth-order valence-corrected chi connectivity index (χ4v) is 4.93. The zero-order valence-electron chi connectivity index (χ0n) is 19.3. The van der Waals surface area contributed by atoms with E-state index in [1.54, 1.807) is 0 Å². The van der Waals surface area contributed by atoms with E-state index in [2.05, 4.69) is 39.9 Å². The Bertz CT molecular complexity index is 1180. The molecule has 0 fully saturated rings. The number of hydrogen-bond donors (Lipinski definition) is 3. The summed E-state index contributed by atoms with van der Waals surface area (Å²) in [6, 6.07) is 16.2. The van der Waals surface area contributed by atoms with E-state index in [1.807, 2.05) is 31.2 Å². The molecule has 2 aromatic carbocycles. The van der Waals surface area contributed by atoms with Crippen molar-refractivity contribution in [2.45, 2.75) is 44.7 Å². The summed E-state index contributed by atoms with van der Waals surface area (Å²) in [6.45, 7) is 2.34. The predicted octanol–water partition coefficient (Wildman–Crippen LogP) is 4.56. The molecule has 35 heavy (non-hydrogen) atoms. The Morgan fingerprint density at radius 2 is 1.74 bits per heavy atom. The normalized spacial score (nSPS) is 12.9. The summed E-state index contributed by atoms with van der Waals surface area (Å²) in [5.41, 5.74) is 4.69. The Balaban J connectivity index is 1.17. The van der Waals surface area contributed by atoms with Crippen LogP contribution in [-0.4, -0.2) is 40.7 Å². The number of aromatic carboxylic acids is 1. The van der Waals surface area contributed by atoms with Crippen molar-refractivity contribution in [1.82, 2.24) is 15.6 Å². The van der Waals surface area contributed by atoms with E-state index >= 15 is 0 Å². The maximum atomic E-state index is 12.4. The lowest BCUT2D eigenvalue weighted by Crippen LogP contribution is -2.34. The van der Waals surface area contributed by atoms with Gasteiger partial charge in [0.1, 0.15) is 16.5 Å². The molecule has 1 atom stereocenters. The number of carbonyl (C=O) groups is 3. The molecule has 1 aliphatic rings. The minimum Gasteiger partial charge on any atom is -0.477 e. The largest absolute Gasteiger partial charge is 0.477 e. The number of carboxylic acid groups (broad SMARTS) is 1. The first-order chi connectivity index (χ1) is 16.9. The van der Waals surface area contributed by atoms with Gasteiger partial charge in [-0.15, -0.1) is 11.3 Å². The number of benzene rings is 2. The third kappa shape index (κ3) is 6.05. The number of rotatable bonds is 10. The Labute approximate surface area is 207 Å². The van der Waals surface area contributed by atoms with E-state index in [0.717, 1.165) is 22.5 Å². The molecule has 1 aliphatic carbocycles. The molecule has 1 aromatic heterocycles.